The highest BCUT2D eigenvalue weighted by atomic mass is 16.4. The zero-order valence-electron chi connectivity index (χ0n) is 10.4. The zero-order chi connectivity index (χ0) is 12.8. The summed E-state index contributed by atoms with van der Waals surface area (Å²) in [6, 6.07) is 7.81. The van der Waals surface area contributed by atoms with Gasteiger partial charge >= 0.3 is 5.97 Å². The third-order valence-electron chi connectivity index (χ3n) is 2.55. The normalized spacial score (nSPS) is 12.7. The fraction of sp³-hybridized carbons (Fsp3) is 0.462. The van der Waals surface area contributed by atoms with Crippen molar-refractivity contribution in [3.8, 4) is 0 Å². The van der Waals surface area contributed by atoms with Crippen LogP contribution in [0.15, 0.2) is 24.3 Å². The lowest BCUT2D eigenvalue weighted by atomic mass is 10.0. The molecule has 4 nitrogen and oxygen atoms in total. The Kier molecular flexibility index (Phi) is 5.12. The van der Waals surface area contributed by atoms with Crippen LogP contribution in [0.5, 0.6) is 0 Å². The average molecular weight is 236 g/mol. The smallest absolute Gasteiger partial charge is 0.303 e. The molecule has 0 radical (unpaired) electrons. The molecule has 0 bridgehead atoms. The number of hydrogen-bond donors (Lipinski definition) is 2. The Labute approximate surface area is 102 Å². The maximum Gasteiger partial charge on any atom is 0.303 e. The summed E-state index contributed by atoms with van der Waals surface area (Å²) in [5, 5.41) is 8.62. The highest BCUT2D eigenvalue weighted by Crippen LogP contribution is 2.17. The van der Waals surface area contributed by atoms with E-state index in [-0.39, 0.29) is 12.5 Å². The van der Waals surface area contributed by atoms with Crippen molar-refractivity contribution in [3.05, 3.63) is 35.4 Å². The quantitative estimate of drug-likeness (QED) is 0.787. The van der Waals surface area contributed by atoms with Crippen LogP contribution in [-0.4, -0.2) is 30.1 Å². The number of nitrogens with zero attached hydrogens (tertiary/aromatic N) is 1. The third kappa shape index (κ3) is 4.97. The molecule has 17 heavy (non-hydrogen) atoms. The van der Waals surface area contributed by atoms with Gasteiger partial charge in [0.15, 0.2) is 0 Å². The molecule has 1 unspecified atom stereocenters. The number of carboxylic acid groups (broad SMARTS) is 1. The monoisotopic (exact) mass is 236 g/mol. The van der Waals surface area contributed by atoms with Gasteiger partial charge in [-0.1, -0.05) is 24.3 Å². The Hall–Kier alpha value is -1.39. The Morgan fingerprint density at radius 3 is 2.76 bits per heavy atom. The summed E-state index contributed by atoms with van der Waals surface area (Å²) in [6.07, 6.45) is 0.583. The molecule has 0 spiro atoms. The minimum Gasteiger partial charge on any atom is -0.481 e. The van der Waals surface area contributed by atoms with E-state index < -0.39 is 5.97 Å². The number of nitrogens with two attached hydrogens (primary N) is 1. The molecule has 4 heteroatoms. The maximum atomic E-state index is 10.5. The van der Waals surface area contributed by atoms with Crippen LogP contribution in [0, 0.1) is 0 Å². The standard InChI is InChI=1S/C13H20N2O2/c1-15(2)9-10-4-3-5-11(8-10)12(14)6-7-13(16)17/h3-5,8,12H,6-7,9,14H2,1-2H3,(H,16,17). The predicted octanol–water partition coefficient (Wildman–Crippen LogP) is 1.61. The van der Waals surface area contributed by atoms with Gasteiger partial charge in [-0.3, -0.25) is 4.79 Å². The van der Waals surface area contributed by atoms with Crippen LogP contribution in [0.1, 0.15) is 30.0 Å². The lowest BCUT2D eigenvalue weighted by Gasteiger charge is -2.14. The van der Waals surface area contributed by atoms with Gasteiger partial charge in [-0.15, -0.1) is 0 Å². The van der Waals surface area contributed by atoms with Crippen LogP contribution >= 0.6 is 0 Å². The molecule has 1 aromatic rings. The summed E-state index contributed by atoms with van der Waals surface area (Å²) < 4.78 is 0. The first-order valence-electron chi connectivity index (χ1n) is 5.70. The average Bonchev–Trinajstić information content (AvgIpc) is 2.25. The lowest BCUT2D eigenvalue weighted by molar-refractivity contribution is -0.137. The Bertz CT molecular complexity index is 377. The maximum absolute atomic E-state index is 10.5. The zero-order valence-corrected chi connectivity index (χ0v) is 10.4. The number of rotatable bonds is 6. The van der Waals surface area contributed by atoms with Crippen molar-refractivity contribution in [2.24, 2.45) is 5.73 Å². The molecule has 0 saturated carbocycles. The highest BCUT2D eigenvalue weighted by molar-refractivity contribution is 5.66. The Balaban J connectivity index is 2.66. The molecule has 94 valence electrons. The second-order valence-electron chi connectivity index (χ2n) is 4.52. The molecule has 0 fully saturated rings. The molecule has 3 N–H and O–H groups in total. The molecule has 0 saturated heterocycles. The van der Waals surface area contributed by atoms with Crippen molar-refractivity contribution < 1.29 is 9.90 Å². The van der Waals surface area contributed by atoms with E-state index >= 15 is 0 Å². The predicted molar refractivity (Wildman–Crippen MR) is 67.6 cm³/mol. The largest absolute Gasteiger partial charge is 0.481 e. The van der Waals surface area contributed by atoms with Crippen LogP contribution in [0.2, 0.25) is 0 Å². The van der Waals surface area contributed by atoms with Crippen LogP contribution in [0.4, 0.5) is 0 Å². The highest BCUT2D eigenvalue weighted by Gasteiger charge is 2.09. The van der Waals surface area contributed by atoms with Crippen LogP contribution in [0.25, 0.3) is 0 Å². The fourth-order valence-corrected chi connectivity index (χ4v) is 1.73. The van der Waals surface area contributed by atoms with Gasteiger partial charge in [0.2, 0.25) is 0 Å². The minimum absolute atomic E-state index is 0.110. The second-order valence-corrected chi connectivity index (χ2v) is 4.52. The summed E-state index contributed by atoms with van der Waals surface area (Å²) in [6.45, 7) is 0.861. The summed E-state index contributed by atoms with van der Waals surface area (Å²) in [7, 11) is 4.02. The van der Waals surface area contributed by atoms with E-state index in [0.717, 1.165) is 12.1 Å². The van der Waals surface area contributed by atoms with Gasteiger partial charge in [-0.05, 0) is 31.6 Å². The van der Waals surface area contributed by atoms with Crippen molar-refractivity contribution in [3.63, 3.8) is 0 Å². The van der Waals surface area contributed by atoms with E-state index in [4.69, 9.17) is 10.8 Å². The summed E-state index contributed by atoms with van der Waals surface area (Å²) >= 11 is 0. The van der Waals surface area contributed by atoms with Crippen molar-refractivity contribution in [1.29, 1.82) is 0 Å². The van der Waals surface area contributed by atoms with E-state index in [1.807, 2.05) is 38.4 Å². The lowest BCUT2D eigenvalue weighted by Crippen LogP contribution is -2.14. The first-order chi connectivity index (χ1) is 7.99. The number of benzene rings is 1. The molecule has 0 amide bonds. The van der Waals surface area contributed by atoms with Gasteiger partial charge in [0.25, 0.3) is 0 Å². The first-order valence-corrected chi connectivity index (χ1v) is 5.70. The Morgan fingerprint density at radius 1 is 1.47 bits per heavy atom. The summed E-state index contributed by atoms with van der Waals surface area (Å²) in [4.78, 5) is 12.6. The van der Waals surface area contributed by atoms with Crippen molar-refractivity contribution in [2.45, 2.75) is 25.4 Å². The number of hydrogen-bond acceptors (Lipinski definition) is 3. The third-order valence-corrected chi connectivity index (χ3v) is 2.55. The number of carboxylic acids is 1. The van der Waals surface area contributed by atoms with Gasteiger partial charge in [-0.25, -0.2) is 0 Å². The van der Waals surface area contributed by atoms with E-state index in [0.29, 0.717) is 6.42 Å². The van der Waals surface area contributed by atoms with Gasteiger partial charge < -0.3 is 15.7 Å². The number of aliphatic carboxylic acids is 1. The van der Waals surface area contributed by atoms with Crippen molar-refractivity contribution in [2.75, 3.05) is 14.1 Å². The molecule has 1 atom stereocenters. The van der Waals surface area contributed by atoms with Crippen molar-refractivity contribution >= 4 is 5.97 Å². The molecular formula is C13H20N2O2. The molecule has 1 aromatic carbocycles. The van der Waals surface area contributed by atoms with Gasteiger partial charge in [-0.2, -0.15) is 0 Å². The van der Waals surface area contributed by atoms with Crippen molar-refractivity contribution in [1.82, 2.24) is 4.90 Å². The topological polar surface area (TPSA) is 66.6 Å². The molecule has 0 aliphatic carbocycles. The van der Waals surface area contributed by atoms with E-state index in [1.165, 1.54) is 5.56 Å². The summed E-state index contributed by atoms with van der Waals surface area (Å²) in [5.74, 6) is -0.801. The fourth-order valence-electron chi connectivity index (χ4n) is 1.73. The van der Waals surface area contributed by atoms with Crippen LogP contribution in [-0.2, 0) is 11.3 Å². The van der Waals surface area contributed by atoms with Crippen LogP contribution < -0.4 is 5.73 Å². The molecule has 0 aromatic heterocycles. The second kappa shape index (κ2) is 6.37. The first kappa shape index (κ1) is 13.7. The number of carbonyl (C=O) groups is 1. The summed E-state index contributed by atoms with van der Waals surface area (Å²) in [5.41, 5.74) is 8.16. The molecular weight excluding hydrogens is 216 g/mol. The van der Waals surface area contributed by atoms with Gasteiger partial charge in [0.05, 0.1) is 0 Å². The molecule has 0 heterocycles. The van der Waals surface area contributed by atoms with E-state index in [2.05, 4.69) is 4.90 Å². The SMILES string of the molecule is CN(C)Cc1cccc(C(N)CCC(=O)O)c1. The Morgan fingerprint density at radius 2 is 2.18 bits per heavy atom. The van der Waals surface area contributed by atoms with Crippen LogP contribution in [0.3, 0.4) is 0 Å². The van der Waals surface area contributed by atoms with E-state index in [9.17, 15) is 4.79 Å². The van der Waals surface area contributed by atoms with Gasteiger partial charge in [0, 0.05) is 19.0 Å². The van der Waals surface area contributed by atoms with Gasteiger partial charge in [0.1, 0.15) is 0 Å². The molecule has 1 rings (SSSR count). The van der Waals surface area contributed by atoms with E-state index in [1.54, 1.807) is 0 Å². The molecule has 0 aliphatic rings. The minimum atomic E-state index is -0.801. The molecule has 0 aliphatic heterocycles.